The van der Waals surface area contributed by atoms with E-state index in [0.29, 0.717) is 0 Å². The van der Waals surface area contributed by atoms with Crippen molar-refractivity contribution in [2.45, 2.75) is 12.5 Å². The third-order valence-electron chi connectivity index (χ3n) is 3.37. The van der Waals surface area contributed by atoms with Gasteiger partial charge in [0.1, 0.15) is 11.5 Å². The number of benzene rings is 1. The molecule has 1 N–H and O–H groups in total. The third kappa shape index (κ3) is 3.95. The van der Waals surface area contributed by atoms with Gasteiger partial charge in [-0.05, 0) is 47.1 Å². The van der Waals surface area contributed by atoms with E-state index in [2.05, 4.69) is 32.3 Å². The van der Waals surface area contributed by atoms with Crippen molar-refractivity contribution in [3.8, 4) is 11.5 Å². The van der Waals surface area contributed by atoms with Crippen molar-refractivity contribution in [3.05, 3.63) is 52.3 Å². The third-order valence-corrected chi connectivity index (χ3v) is 3.80. The molecule has 0 aliphatic rings. The minimum absolute atomic E-state index is 0.141. The Hall–Kier alpha value is -1.59. The Morgan fingerprint density at radius 1 is 1.19 bits per heavy atom. The molecule has 0 amide bonds. The van der Waals surface area contributed by atoms with Gasteiger partial charge in [-0.15, -0.1) is 0 Å². The van der Waals surface area contributed by atoms with Crippen LogP contribution in [0.15, 0.2) is 41.1 Å². The van der Waals surface area contributed by atoms with Crippen molar-refractivity contribution in [3.63, 3.8) is 0 Å². The summed E-state index contributed by atoms with van der Waals surface area (Å²) in [5.74, 6) is 1.60. The monoisotopic (exact) mass is 350 g/mol. The number of ether oxygens (including phenoxy) is 2. The molecular formula is C16H19BrN2O2. The van der Waals surface area contributed by atoms with Crippen LogP contribution < -0.4 is 14.8 Å². The summed E-state index contributed by atoms with van der Waals surface area (Å²) in [6, 6.07) is 8.10. The number of hydrogen-bond acceptors (Lipinski definition) is 4. The van der Waals surface area contributed by atoms with Crippen LogP contribution in [0.25, 0.3) is 0 Å². The van der Waals surface area contributed by atoms with Gasteiger partial charge >= 0.3 is 0 Å². The van der Waals surface area contributed by atoms with Crippen LogP contribution >= 0.6 is 15.9 Å². The van der Waals surface area contributed by atoms with Crippen LogP contribution in [0, 0.1) is 0 Å². The van der Waals surface area contributed by atoms with E-state index in [0.717, 1.165) is 33.5 Å². The fourth-order valence-corrected chi connectivity index (χ4v) is 2.69. The average molecular weight is 351 g/mol. The maximum atomic E-state index is 5.49. The van der Waals surface area contributed by atoms with Crippen molar-refractivity contribution in [2.75, 3.05) is 21.3 Å². The topological polar surface area (TPSA) is 43.4 Å². The van der Waals surface area contributed by atoms with Crippen molar-refractivity contribution in [2.24, 2.45) is 0 Å². The molecule has 4 nitrogen and oxygen atoms in total. The smallest absolute Gasteiger partial charge is 0.127 e. The van der Waals surface area contributed by atoms with Gasteiger partial charge in [-0.2, -0.15) is 0 Å². The number of pyridine rings is 1. The minimum Gasteiger partial charge on any atom is -0.497 e. The molecule has 1 heterocycles. The highest BCUT2D eigenvalue weighted by molar-refractivity contribution is 9.10. The maximum Gasteiger partial charge on any atom is 0.127 e. The molecule has 1 atom stereocenters. The fraction of sp³-hybridized carbons (Fsp3) is 0.312. The van der Waals surface area contributed by atoms with Gasteiger partial charge in [0.25, 0.3) is 0 Å². The summed E-state index contributed by atoms with van der Waals surface area (Å²) < 4.78 is 11.7. The van der Waals surface area contributed by atoms with Gasteiger partial charge in [-0.25, -0.2) is 0 Å². The molecule has 0 saturated heterocycles. The van der Waals surface area contributed by atoms with E-state index in [1.54, 1.807) is 20.4 Å². The summed E-state index contributed by atoms with van der Waals surface area (Å²) in [5, 5.41) is 3.33. The Morgan fingerprint density at radius 3 is 2.62 bits per heavy atom. The normalized spacial score (nSPS) is 12.0. The second kappa shape index (κ2) is 7.43. The molecule has 1 unspecified atom stereocenters. The van der Waals surface area contributed by atoms with Gasteiger partial charge in [0, 0.05) is 34.5 Å². The molecule has 1 aromatic heterocycles. The quantitative estimate of drug-likeness (QED) is 0.867. The Kier molecular flexibility index (Phi) is 5.59. The van der Waals surface area contributed by atoms with E-state index in [4.69, 9.17) is 9.47 Å². The number of halogens is 1. The van der Waals surface area contributed by atoms with E-state index in [1.807, 2.05) is 31.4 Å². The predicted octanol–water partition coefficient (Wildman–Crippen LogP) is 3.36. The second-order valence-corrected chi connectivity index (χ2v) is 5.58. The maximum absolute atomic E-state index is 5.49. The van der Waals surface area contributed by atoms with E-state index < -0.39 is 0 Å². The number of likely N-dealkylation sites (N-methyl/N-ethyl adjacent to an activating group) is 1. The summed E-state index contributed by atoms with van der Waals surface area (Å²) in [7, 11) is 5.27. The lowest BCUT2D eigenvalue weighted by Crippen LogP contribution is -2.19. The first-order valence-corrected chi connectivity index (χ1v) is 7.46. The zero-order valence-electron chi connectivity index (χ0n) is 12.4. The highest BCUT2D eigenvalue weighted by Gasteiger charge is 2.16. The lowest BCUT2D eigenvalue weighted by molar-refractivity contribution is 0.385. The molecule has 2 aromatic rings. The number of rotatable bonds is 6. The van der Waals surface area contributed by atoms with Crippen LogP contribution in [-0.2, 0) is 6.42 Å². The molecule has 0 bridgehead atoms. The van der Waals surface area contributed by atoms with Gasteiger partial charge in [-0.3, -0.25) is 4.98 Å². The highest BCUT2D eigenvalue weighted by atomic mass is 79.9. The Morgan fingerprint density at radius 2 is 2.00 bits per heavy atom. The van der Waals surface area contributed by atoms with Gasteiger partial charge in [0.2, 0.25) is 0 Å². The number of aromatic nitrogens is 1. The predicted molar refractivity (Wildman–Crippen MR) is 87.0 cm³/mol. The molecule has 0 saturated carbocycles. The Balaban J connectivity index is 2.28. The van der Waals surface area contributed by atoms with Crippen LogP contribution in [0.2, 0.25) is 0 Å². The van der Waals surface area contributed by atoms with Crippen LogP contribution in [0.5, 0.6) is 11.5 Å². The molecule has 2 rings (SSSR count). The molecule has 5 heteroatoms. The van der Waals surface area contributed by atoms with Crippen LogP contribution in [-0.4, -0.2) is 26.3 Å². The molecule has 112 valence electrons. The molecule has 1 aromatic carbocycles. The summed E-state index contributed by atoms with van der Waals surface area (Å²) in [6.07, 6.45) is 4.49. The summed E-state index contributed by atoms with van der Waals surface area (Å²) in [5.41, 5.74) is 2.25. The molecular weight excluding hydrogens is 332 g/mol. The number of nitrogens with one attached hydrogen (secondary N) is 1. The molecule has 0 aliphatic heterocycles. The van der Waals surface area contributed by atoms with E-state index >= 15 is 0 Å². The van der Waals surface area contributed by atoms with E-state index in [1.165, 1.54) is 0 Å². The van der Waals surface area contributed by atoms with Crippen molar-refractivity contribution < 1.29 is 9.47 Å². The lowest BCUT2D eigenvalue weighted by Gasteiger charge is -2.20. The molecule has 21 heavy (non-hydrogen) atoms. The average Bonchev–Trinajstić information content (AvgIpc) is 2.52. The SMILES string of the molecule is CNC(Cc1cncc(Br)c1)c1ccc(OC)cc1OC. The second-order valence-electron chi connectivity index (χ2n) is 4.66. The summed E-state index contributed by atoms with van der Waals surface area (Å²) >= 11 is 3.45. The zero-order chi connectivity index (χ0) is 15.2. The number of methoxy groups -OCH3 is 2. The first-order valence-electron chi connectivity index (χ1n) is 6.66. The largest absolute Gasteiger partial charge is 0.497 e. The molecule has 0 fully saturated rings. The molecule has 0 aliphatic carbocycles. The fourth-order valence-electron chi connectivity index (χ4n) is 2.28. The number of hydrogen-bond donors (Lipinski definition) is 1. The van der Waals surface area contributed by atoms with E-state index in [9.17, 15) is 0 Å². The summed E-state index contributed by atoms with van der Waals surface area (Å²) in [4.78, 5) is 4.21. The van der Waals surface area contributed by atoms with Crippen molar-refractivity contribution in [1.29, 1.82) is 0 Å². The molecule has 0 radical (unpaired) electrons. The highest BCUT2D eigenvalue weighted by Crippen LogP contribution is 2.31. The standard InChI is InChI=1S/C16H19BrN2O2/c1-18-15(7-11-6-12(17)10-19-9-11)14-5-4-13(20-2)8-16(14)21-3/h4-6,8-10,15,18H,7H2,1-3H3. The first-order chi connectivity index (χ1) is 10.2. The van der Waals surface area contributed by atoms with Gasteiger partial charge in [0.15, 0.2) is 0 Å². The molecule has 0 spiro atoms. The van der Waals surface area contributed by atoms with Crippen LogP contribution in [0.1, 0.15) is 17.2 Å². The first kappa shape index (κ1) is 15.8. The van der Waals surface area contributed by atoms with Gasteiger partial charge < -0.3 is 14.8 Å². The zero-order valence-corrected chi connectivity index (χ0v) is 14.0. The number of nitrogens with zero attached hydrogens (tertiary/aromatic N) is 1. The lowest BCUT2D eigenvalue weighted by atomic mass is 9.99. The van der Waals surface area contributed by atoms with Crippen LogP contribution in [0.4, 0.5) is 0 Å². The van der Waals surface area contributed by atoms with Gasteiger partial charge in [0.05, 0.1) is 14.2 Å². The van der Waals surface area contributed by atoms with Crippen molar-refractivity contribution >= 4 is 15.9 Å². The van der Waals surface area contributed by atoms with Crippen LogP contribution in [0.3, 0.4) is 0 Å². The Labute approximate surface area is 133 Å². The van der Waals surface area contributed by atoms with E-state index in [-0.39, 0.29) is 6.04 Å². The summed E-state index contributed by atoms with van der Waals surface area (Å²) in [6.45, 7) is 0. The van der Waals surface area contributed by atoms with Gasteiger partial charge in [-0.1, -0.05) is 6.07 Å². The minimum atomic E-state index is 0.141. The Bertz CT molecular complexity index is 605. The van der Waals surface area contributed by atoms with Crippen molar-refractivity contribution in [1.82, 2.24) is 10.3 Å².